The smallest absolute Gasteiger partial charge is 0.164 e. The number of hydrogen-bond acceptors (Lipinski definition) is 4. The quantitative estimate of drug-likeness (QED) is 0.674. The summed E-state index contributed by atoms with van der Waals surface area (Å²) in [7, 11) is 4.84. The molecule has 0 saturated carbocycles. The molecule has 0 heterocycles. The molecule has 4 nitrogen and oxygen atoms in total. The lowest BCUT2D eigenvalue weighted by atomic mass is 9.99. The highest BCUT2D eigenvalue weighted by molar-refractivity contribution is 5.87. The SMILES string of the molecule is CCC(C)c1ccc(N=Cc2cc(OC)c(OC)cc2OC)cc1. The molecule has 1 unspecified atom stereocenters. The first-order chi connectivity index (χ1) is 11.6. The summed E-state index contributed by atoms with van der Waals surface area (Å²) in [6.07, 6.45) is 2.91. The Bertz CT molecular complexity index is 693. The van der Waals surface area contributed by atoms with Crippen molar-refractivity contribution in [1.82, 2.24) is 0 Å². The molecule has 2 aromatic carbocycles. The van der Waals surface area contributed by atoms with E-state index in [2.05, 4.69) is 31.0 Å². The maximum atomic E-state index is 5.41. The van der Waals surface area contributed by atoms with Crippen LogP contribution >= 0.6 is 0 Å². The van der Waals surface area contributed by atoms with Crippen molar-refractivity contribution in [3.8, 4) is 17.2 Å². The molecule has 0 bridgehead atoms. The second-order valence-corrected chi connectivity index (χ2v) is 5.61. The van der Waals surface area contributed by atoms with Crippen molar-refractivity contribution in [2.45, 2.75) is 26.2 Å². The van der Waals surface area contributed by atoms with Crippen LogP contribution in [0.4, 0.5) is 5.69 Å². The molecule has 2 rings (SSSR count). The highest BCUT2D eigenvalue weighted by Gasteiger charge is 2.10. The number of ether oxygens (including phenoxy) is 3. The molecule has 0 amide bonds. The van der Waals surface area contributed by atoms with E-state index >= 15 is 0 Å². The summed E-state index contributed by atoms with van der Waals surface area (Å²) in [5.74, 6) is 2.53. The number of aliphatic imine (C=N–C) groups is 1. The zero-order valence-corrected chi connectivity index (χ0v) is 15.0. The van der Waals surface area contributed by atoms with Gasteiger partial charge in [-0.3, -0.25) is 4.99 Å². The number of methoxy groups -OCH3 is 3. The molecule has 24 heavy (non-hydrogen) atoms. The summed E-state index contributed by atoms with van der Waals surface area (Å²) in [5, 5.41) is 0. The van der Waals surface area contributed by atoms with Crippen LogP contribution in [0.1, 0.15) is 37.3 Å². The predicted octanol–water partition coefficient (Wildman–Crippen LogP) is 4.98. The largest absolute Gasteiger partial charge is 0.496 e. The van der Waals surface area contributed by atoms with Gasteiger partial charge in [0, 0.05) is 17.8 Å². The van der Waals surface area contributed by atoms with Gasteiger partial charge >= 0.3 is 0 Å². The fourth-order valence-corrected chi connectivity index (χ4v) is 2.42. The van der Waals surface area contributed by atoms with E-state index in [1.54, 1.807) is 33.6 Å². The van der Waals surface area contributed by atoms with Crippen molar-refractivity contribution in [3.63, 3.8) is 0 Å². The lowest BCUT2D eigenvalue weighted by Crippen LogP contribution is -1.96. The Kier molecular flexibility index (Phi) is 6.24. The van der Waals surface area contributed by atoms with E-state index in [0.717, 1.165) is 17.7 Å². The Balaban J connectivity index is 2.27. The van der Waals surface area contributed by atoms with Gasteiger partial charge in [0.2, 0.25) is 0 Å². The summed E-state index contributed by atoms with van der Waals surface area (Å²) in [6.45, 7) is 4.42. The first-order valence-corrected chi connectivity index (χ1v) is 8.07. The van der Waals surface area contributed by atoms with Crippen molar-refractivity contribution in [1.29, 1.82) is 0 Å². The van der Waals surface area contributed by atoms with Crippen LogP contribution in [0.5, 0.6) is 17.2 Å². The Morgan fingerprint density at radius 1 is 0.917 bits per heavy atom. The predicted molar refractivity (Wildman–Crippen MR) is 98.5 cm³/mol. The van der Waals surface area contributed by atoms with Crippen LogP contribution in [0.15, 0.2) is 41.4 Å². The van der Waals surface area contributed by atoms with Gasteiger partial charge in [0.25, 0.3) is 0 Å². The molecule has 0 aromatic heterocycles. The van der Waals surface area contributed by atoms with Crippen LogP contribution < -0.4 is 14.2 Å². The minimum absolute atomic E-state index is 0.564. The van der Waals surface area contributed by atoms with Crippen LogP contribution in [0.25, 0.3) is 0 Å². The fourth-order valence-electron chi connectivity index (χ4n) is 2.42. The first kappa shape index (κ1) is 17.9. The van der Waals surface area contributed by atoms with Crippen LogP contribution in [0.2, 0.25) is 0 Å². The summed E-state index contributed by atoms with van der Waals surface area (Å²) >= 11 is 0. The maximum absolute atomic E-state index is 5.41. The van der Waals surface area contributed by atoms with Crippen molar-refractivity contribution in [2.24, 2.45) is 4.99 Å². The number of rotatable bonds is 7. The lowest BCUT2D eigenvalue weighted by molar-refractivity contribution is 0.349. The molecule has 0 aliphatic rings. The average molecular weight is 327 g/mol. The minimum Gasteiger partial charge on any atom is -0.496 e. The molecule has 128 valence electrons. The van der Waals surface area contributed by atoms with E-state index in [1.807, 2.05) is 18.2 Å². The van der Waals surface area contributed by atoms with E-state index in [-0.39, 0.29) is 0 Å². The van der Waals surface area contributed by atoms with Gasteiger partial charge in [0.05, 0.1) is 27.0 Å². The Morgan fingerprint density at radius 2 is 1.50 bits per heavy atom. The van der Waals surface area contributed by atoms with Gasteiger partial charge in [0.1, 0.15) is 5.75 Å². The standard InChI is InChI=1S/C20H25NO3/c1-6-14(2)15-7-9-17(10-8-15)21-13-16-11-19(23-4)20(24-5)12-18(16)22-3/h7-14H,6H2,1-5H3. The van der Waals surface area contributed by atoms with E-state index in [4.69, 9.17) is 14.2 Å². The van der Waals surface area contributed by atoms with Gasteiger partial charge in [-0.05, 0) is 36.1 Å². The molecule has 0 saturated heterocycles. The first-order valence-electron chi connectivity index (χ1n) is 8.07. The molecule has 0 radical (unpaired) electrons. The van der Waals surface area contributed by atoms with Crippen molar-refractivity contribution < 1.29 is 14.2 Å². The van der Waals surface area contributed by atoms with E-state index in [1.165, 1.54) is 5.56 Å². The van der Waals surface area contributed by atoms with Gasteiger partial charge in [-0.25, -0.2) is 0 Å². The van der Waals surface area contributed by atoms with Crippen LogP contribution in [-0.2, 0) is 0 Å². The van der Waals surface area contributed by atoms with Gasteiger partial charge in [-0.1, -0.05) is 26.0 Å². The monoisotopic (exact) mass is 327 g/mol. The van der Waals surface area contributed by atoms with Gasteiger partial charge in [-0.2, -0.15) is 0 Å². The topological polar surface area (TPSA) is 40.0 Å². The van der Waals surface area contributed by atoms with Crippen molar-refractivity contribution >= 4 is 11.9 Å². The van der Waals surface area contributed by atoms with E-state index in [9.17, 15) is 0 Å². The molecule has 0 N–H and O–H groups in total. The molecule has 0 aliphatic heterocycles. The fraction of sp³-hybridized carbons (Fsp3) is 0.350. The van der Waals surface area contributed by atoms with Crippen molar-refractivity contribution in [3.05, 3.63) is 47.5 Å². The summed E-state index contributed by atoms with van der Waals surface area (Å²) in [5.41, 5.74) is 3.07. The molecular formula is C20H25NO3. The van der Waals surface area contributed by atoms with Crippen LogP contribution in [0, 0.1) is 0 Å². The Morgan fingerprint density at radius 3 is 2.04 bits per heavy atom. The molecule has 0 spiro atoms. The Hall–Kier alpha value is -2.49. The van der Waals surface area contributed by atoms with Crippen LogP contribution in [-0.4, -0.2) is 27.5 Å². The second-order valence-electron chi connectivity index (χ2n) is 5.61. The third kappa shape index (κ3) is 4.07. The number of nitrogens with zero attached hydrogens (tertiary/aromatic N) is 1. The summed E-state index contributed by atoms with van der Waals surface area (Å²) in [4.78, 5) is 4.54. The maximum Gasteiger partial charge on any atom is 0.164 e. The summed E-state index contributed by atoms with van der Waals surface area (Å²) in [6, 6.07) is 12.0. The van der Waals surface area contributed by atoms with E-state index < -0.39 is 0 Å². The van der Waals surface area contributed by atoms with Gasteiger partial charge in [-0.15, -0.1) is 0 Å². The highest BCUT2D eigenvalue weighted by atomic mass is 16.5. The molecular weight excluding hydrogens is 302 g/mol. The molecule has 0 aliphatic carbocycles. The summed E-state index contributed by atoms with van der Waals surface area (Å²) < 4.78 is 16.0. The molecule has 0 fully saturated rings. The number of benzene rings is 2. The van der Waals surface area contributed by atoms with Gasteiger partial charge < -0.3 is 14.2 Å². The van der Waals surface area contributed by atoms with Crippen LogP contribution in [0.3, 0.4) is 0 Å². The Labute approximate surface area is 144 Å². The third-order valence-corrected chi connectivity index (χ3v) is 4.16. The molecule has 4 heteroatoms. The second kappa shape index (κ2) is 8.39. The third-order valence-electron chi connectivity index (χ3n) is 4.16. The zero-order valence-electron chi connectivity index (χ0n) is 15.0. The zero-order chi connectivity index (χ0) is 17.5. The van der Waals surface area contributed by atoms with Gasteiger partial charge in [0.15, 0.2) is 11.5 Å². The van der Waals surface area contributed by atoms with Crippen molar-refractivity contribution in [2.75, 3.05) is 21.3 Å². The van der Waals surface area contributed by atoms with E-state index in [0.29, 0.717) is 23.2 Å². The normalized spacial score (nSPS) is 12.2. The average Bonchev–Trinajstić information content (AvgIpc) is 2.65. The lowest BCUT2D eigenvalue weighted by Gasteiger charge is -2.12. The minimum atomic E-state index is 0.564. The number of hydrogen-bond donors (Lipinski definition) is 0. The molecule has 2 aromatic rings. The molecule has 1 atom stereocenters. The highest BCUT2D eigenvalue weighted by Crippen LogP contribution is 2.34.